The van der Waals surface area contributed by atoms with E-state index in [4.69, 9.17) is 34.8 Å². The summed E-state index contributed by atoms with van der Waals surface area (Å²) in [4.78, 5) is 25.4. The number of carbonyl (C=O) groups excluding carboxylic acids is 1. The highest BCUT2D eigenvalue weighted by molar-refractivity contribution is 6.40. The minimum atomic E-state index is -0.608. The zero-order chi connectivity index (χ0) is 22.1. The summed E-state index contributed by atoms with van der Waals surface area (Å²) in [5.74, 6) is -0.374. The second-order valence-corrected chi connectivity index (χ2v) is 8.01. The zero-order valence-corrected chi connectivity index (χ0v) is 18.0. The normalized spacial score (nSPS) is 17.1. The van der Waals surface area contributed by atoms with E-state index in [9.17, 15) is 14.9 Å². The molecule has 3 aromatic carbocycles. The Hall–Kier alpha value is -3.06. The number of nitrogens with zero attached hydrogens (tertiary/aromatic N) is 2. The van der Waals surface area contributed by atoms with Gasteiger partial charge >= 0.3 is 0 Å². The van der Waals surface area contributed by atoms with Crippen molar-refractivity contribution in [2.24, 2.45) is 0 Å². The van der Waals surface area contributed by atoms with Crippen molar-refractivity contribution < 1.29 is 9.72 Å². The molecule has 1 aliphatic rings. The number of nitro groups is 1. The summed E-state index contributed by atoms with van der Waals surface area (Å²) < 4.78 is 0. The lowest BCUT2D eigenvalue weighted by Crippen LogP contribution is -2.30. The molecule has 1 fully saturated rings. The first kappa shape index (κ1) is 21.2. The zero-order valence-electron chi connectivity index (χ0n) is 15.8. The van der Waals surface area contributed by atoms with Gasteiger partial charge in [0.25, 0.3) is 11.6 Å². The van der Waals surface area contributed by atoms with Crippen LogP contribution >= 0.6 is 34.8 Å². The van der Waals surface area contributed by atoms with E-state index in [1.165, 1.54) is 17.0 Å². The lowest BCUT2D eigenvalue weighted by molar-refractivity contribution is -0.384. The largest absolute Gasteiger partial charge is 0.357 e. The summed E-state index contributed by atoms with van der Waals surface area (Å²) in [5, 5.41) is 14.9. The number of nitro benzene ring substituents is 1. The van der Waals surface area contributed by atoms with Gasteiger partial charge in [-0.1, -0.05) is 77.3 Å². The van der Waals surface area contributed by atoms with Crippen LogP contribution in [0.25, 0.3) is 6.08 Å². The van der Waals surface area contributed by atoms with Crippen LogP contribution in [0.4, 0.5) is 11.4 Å². The second-order valence-electron chi connectivity index (χ2n) is 6.76. The Bertz CT molecular complexity index is 1170. The number of carbonyl (C=O) groups is 1. The molecule has 31 heavy (non-hydrogen) atoms. The van der Waals surface area contributed by atoms with Crippen molar-refractivity contribution in [2.75, 3.05) is 4.90 Å². The van der Waals surface area contributed by atoms with Crippen LogP contribution in [0.15, 0.2) is 72.4 Å². The smallest absolute Gasteiger partial charge is 0.276 e. The minimum absolute atomic E-state index is 0.00280. The monoisotopic (exact) mass is 473 g/mol. The van der Waals surface area contributed by atoms with Gasteiger partial charge in [0.05, 0.1) is 20.7 Å². The number of nitrogens with one attached hydrogen (secondary N) is 1. The molecule has 1 amide bonds. The molecule has 0 aromatic heterocycles. The van der Waals surface area contributed by atoms with Crippen molar-refractivity contribution in [3.8, 4) is 0 Å². The van der Waals surface area contributed by atoms with Crippen LogP contribution in [0.2, 0.25) is 15.1 Å². The van der Waals surface area contributed by atoms with Crippen LogP contribution < -0.4 is 10.2 Å². The molecule has 1 heterocycles. The summed E-state index contributed by atoms with van der Waals surface area (Å²) in [6.45, 7) is 0. The van der Waals surface area contributed by atoms with Crippen LogP contribution in [0.1, 0.15) is 17.3 Å². The maximum absolute atomic E-state index is 13.4. The molecule has 0 spiro atoms. The molecule has 0 saturated carbocycles. The van der Waals surface area contributed by atoms with Gasteiger partial charge in [0.1, 0.15) is 11.9 Å². The Labute approximate surface area is 192 Å². The van der Waals surface area contributed by atoms with Gasteiger partial charge in [0.15, 0.2) is 0 Å². The molecule has 0 bridgehead atoms. The van der Waals surface area contributed by atoms with Gasteiger partial charge in [-0.3, -0.25) is 19.8 Å². The van der Waals surface area contributed by atoms with Crippen LogP contribution in [0.3, 0.4) is 0 Å². The fourth-order valence-electron chi connectivity index (χ4n) is 3.34. The number of hydrogen-bond acceptors (Lipinski definition) is 4. The van der Waals surface area contributed by atoms with Crippen LogP contribution in [0.5, 0.6) is 0 Å². The Morgan fingerprint density at radius 2 is 1.58 bits per heavy atom. The average molecular weight is 475 g/mol. The third-order valence-corrected chi connectivity index (χ3v) is 5.58. The van der Waals surface area contributed by atoms with E-state index in [2.05, 4.69) is 5.32 Å². The maximum Gasteiger partial charge on any atom is 0.276 e. The van der Waals surface area contributed by atoms with E-state index >= 15 is 0 Å². The van der Waals surface area contributed by atoms with E-state index in [1.807, 2.05) is 30.3 Å². The first-order chi connectivity index (χ1) is 14.8. The predicted octanol–water partition coefficient (Wildman–Crippen LogP) is 6.23. The molecular formula is C22H14Cl3N3O3. The Morgan fingerprint density at radius 1 is 0.968 bits per heavy atom. The Kier molecular flexibility index (Phi) is 5.87. The average Bonchev–Trinajstić information content (AvgIpc) is 3.06. The molecule has 6 nitrogen and oxygen atoms in total. The van der Waals surface area contributed by atoms with Crippen molar-refractivity contribution in [2.45, 2.75) is 6.17 Å². The van der Waals surface area contributed by atoms with Gasteiger partial charge in [-0.25, -0.2) is 0 Å². The second kappa shape index (κ2) is 8.59. The molecule has 156 valence electrons. The van der Waals surface area contributed by atoms with Crippen molar-refractivity contribution in [3.05, 3.63) is 109 Å². The first-order valence-corrected chi connectivity index (χ1v) is 10.2. The summed E-state index contributed by atoms with van der Waals surface area (Å²) >= 11 is 18.7. The molecule has 1 atom stereocenters. The van der Waals surface area contributed by atoms with Crippen molar-refractivity contribution >= 4 is 58.2 Å². The third-order valence-electron chi connectivity index (χ3n) is 4.75. The van der Waals surface area contributed by atoms with E-state index in [1.54, 1.807) is 30.3 Å². The first-order valence-electron chi connectivity index (χ1n) is 9.11. The van der Waals surface area contributed by atoms with Crippen LogP contribution in [0, 0.1) is 10.1 Å². The number of anilines is 1. The van der Waals surface area contributed by atoms with Gasteiger partial charge in [0, 0.05) is 17.2 Å². The standard InChI is InChI=1S/C22H14Cl3N3O3/c23-15-8-6-13(7-9-15)10-19-22(29)27(21(26-19)14-4-2-1-3-5-14)20-17(24)11-16(28(30)31)12-18(20)25/h1-12,21,26H/b19-10-. The highest BCUT2D eigenvalue weighted by Gasteiger charge is 2.39. The van der Waals surface area contributed by atoms with Gasteiger partial charge in [-0.2, -0.15) is 0 Å². The minimum Gasteiger partial charge on any atom is -0.357 e. The molecule has 0 radical (unpaired) electrons. The quantitative estimate of drug-likeness (QED) is 0.276. The van der Waals surface area contributed by atoms with Crippen LogP contribution in [-0.4, -0.2) is 10.8 Å². The highest BCUT2D eigenvalue weighted by Crippen LogP contribution is 2.43. The van der Waals surface area contributed by atoms with E-state index in [0.717, 1.165) is 11.1 Å². The molecular weight excluding hydrogens is 461 g/mol. The van der Waals surface area contributed by atoms with Gasteiger partial charge < -0.3 is 5.32 Å². The Morgan fingerprint density at radius 3 is 2.16 bits per heavy atom. The molecule has 1 unspecified atom stereocenters. The third kappa shape index (κ3) is 4.23. The lowest BCUT2D eigenvalue weighted by Gasteiger charge is -2.25. The summed E-state index contributed by atoms with van der Waals surface area (Å²) in [7, 11) is 0. The molecule has 3 aromatic rings. The fraction of sp³-hybridized carbons (Fsp3) is 0.0455. The molecule has 1 aliphatic heterocycles. The highest BCUT2D eigenvalue weighted by atomic mass is 35.5. The lowest BCUT2D eigenvalue weighted by atomic mass is 10.1. The number of rotatable bonds is 4. The fourth-order valence-corrected chi connectivity index (χ4v) is 4.12. The van der Waals surface area contributed by atoms with Crippen molar-refractivity contribution in [1.29, 1.82) is 0 Å². The molecule has 0 aliphatic carbocycles. The van der Waals surface area contributed by atoms with Crippen molar-refractivity contribution in [1.82, 2.24) is 5.32 Å². The molecule has 1 saturated heterocycles. The molecule has 9 heteroatoms. The van der Waals surface area contributed by atoms with E-state index < -0.39 is 11.1 Å². The van der Waals surface area contributed by atoms with Gasteiger partial charge in [0.2, 0.25) is 0 Å². The molecule has 1 N–H and O–H groups in total. The number of benzene rings is 3. The predicted molar refractivity (Wildman–Crippen MR) is 122 cm³/mol. The number of amides is 1. The van der Waals surface area contributed by atoms with Gasteiger partial charge in [-0.15, -0.1) is 0 Å². The van der Waals surface area contributed by atoms with Gasteiger partial charge in [-0.05, 0) is 29.3 Å². The molecule has 4 rings (SSSR count). The maximum atomic E-state index is 13.4. The number of non-ortho nitro benzene ring substituents is 1. The van der Waals surface area contributed by atoms with Crippen LogP contribution in [-0.2, 0) is 4.79 Å². The summed E-state index contributed by atoms with van der Waals surface area (Å²) in [5.41, 5.74) is 1.82. The van der Waals surface area contributed by atoms with E-state index in [-0.39, 0.29) is 27.3 Å². The SMILES string of the molecule is O=C1/C(=C/c2ccc(Cl)cc2)NC(c2ccccc2)N1c1c(Cl)cc([N+](=O)[O-])cc1Cl. The van der Waals surface area contributed by atoms with E-state index in [0.29, 0.717) is 10.7 Å². The summed E-state index contributed by atoms with van der Waals surface area (Å²) in [6.07, 6.45) is 1.09. The topological polar surface area (TPSA) is 75.5 Å². The summed E-state index contributed by atoms with van der Waals surface area (Å²) in [6, 6.07) is 18.7. The number of halogens is 3. The Balaban J connectivity index is 1.83. The number of hydrogen-bond donors (Lipinski definition) is 1. The van der Waals surface area contributed by atoms with Crippen molar-refractivity contribution in [3.63, 3.8) is 0 Å².